The standard InChI is InChI=1S/C15H14N2O2/c1-2-19-17-14-11-7-6-10-13(14)16(15(17)18)12-8-4-3-5-9-12/h3-11H,2H2,1H3. The normalized spacial score (nSPS) is 10.8. The van der Waals surface area contributed by atoms with Gasteiger partial charge in [0.15, 0.2) is 0 Å². The van der Waals surface area contributed by atoms with E-state index in [9.17, 15) is 4.79 Å². The molecule has 96 valence electrons. The van der Waals surface area contributed by atoms with Crippen LogP contribution in [0.2, 0.25) is 0 Å². The van der Waals surface area contributed by atoms with E-state index < -0.39 is 0 Å². The van der Waals surface area contributed by atoms with E-state index >= 15 is 0 Å². The smallest absolute Gasteiger partial charge is 0.366 e. The first kappa shape index (κ1) is 11.6. The number of fused-ring (bicyclic) bond motifs is 1. The molecule has 0 aliphatic rings. The van der Waals surface area contributed by atoms with Crippen LogP contribution in [0.4, 0.5) is 0 Å². The summed E-state index contributed by atoms with van der Waals surface area (Å²) in [5, 5.41) is 0. The number of nitrogens with zero attached hydrogens (tertiary/aromatic N) is 2. The second-order valence-corrected chi connectivity index (χ2v) is 4.15. The molecule has 1 heterocycles. The number of imidazole rings is 1. The first-order valence-corrected chi connectivity index (χ1v) is 6.24. The average molecular weight is 254 g/mol. The second-order valence-electron chi connectivity index (χ2n) is 4.15. The van der Waals surface area contributed by atoms with Gasteiger partial charge in [0.1, 0.15) is 12.1 Å². The maximum Gasteiger partial charge on any atom is 0.366 e. The summed E-state index contributed by atoms with van der Waals surface area (Å²) in [5.74, 6) is 0. The van der Waals surface area contributed by atoms with Gasteiger partial charge in [0.05, 0.1) is 11.2 Å². The van der Waals surface area contributed by atoms with Gasteiger partial charge in [0.25, 0.3) is 0 Å². The molecule has 0 saturated heterocycles. The van der Waals surface area contributed by atoms with Crippen molar-refractivity contribution in [2.75, 3.05) is 6.61 Å². The summed E-state index contributed by atoms with van der Waals surface area (Å²) in [4.78, 5) is 17.9. The average Bonchev–Trinajstić information content (AvgIpc) is 2.73. The Hall–Kier alpha value is -2.49. The van der Waals surface area contributed by atoms with Crippen LogP contribution in [0.3, 0.4) is 0 Å². The Morgan fingerprint density at radius 2 is 1.58 bits per heavy atom. The Morgan fingerprint density at radius 1 is 0.947 bits per heavy atom. The number of aromatic nitrogens is 2. The van der Waals surface area contributed by atoms with Crippen molar-refractivity contribution in [3.8, 4) is 5.69 Å². The van der Waals surface area contributed by atoms with E-state index in [1.807, 2.05) is 61.5 Å². The van der Waals surface area contributed by atoms with Crippen molar-refractivity contribution >= 4 is 11.0 Å². The van der Waals surface area contributed by atoms with E-state index in [2.05, 4.69) is 0 Å². The molecule has 3 aromatic rings. The zero-order chi connectivity index (χ0) is 13.2. The molecule has 0 unspecified atom stereocenters. The van der Waals surface area contributed by atoms with Gasteiger partial charge in [-0.25, -0.2) is 4.79 Å². The largest absolute Gasteiger partial charge is 0.409 e. The molecule has 0 fully saturated rings. The van der Waals surface area contributed by atoms with Crippen molar-refractivity contribution in [3.05, 3.63) is 65.1 Å². The second kappa shape index (κ2) is 4.65. The molecule has 0 saturated carbocycles. The lowest BCUT2D eigenvalue weighted by molar-refractivity contribution is 0.122. The molecule has 3 rings (SSSR count). The van der Waals surface area contributed by atoms with Crippen molar-refractivity contribution in [2.45, 2.75) is 6.92 Å². The predicted molar refractivity (Wildman–Crippen MR) is 74.7 cm³/mol. The summed E-state index contributed by atoms with van der Waals surface area (Å²) in [5.41, 5.74) is 2.27. The Morgan fingerprint density at radius 3 is 2.26 bits per heavy atom. The van der Waals surface area contributed by atoms with Crippen LogP contribution in [0.1, 0.15) is 6.92 Å². The fourth-order valence-corrected chi connectivity index (χ4v) is 2.20. The highest BCUT2D eigenvalue weighted by Crippen LogP contribution is 2.16. The molecule has 4 nitrogen and oxygen atoms in total. The Balaban J connectivity index is 2.37. The van der Waals surface area contributed by atoms with Crippen molar-refractivity contribution in [1.29, 1.82) is 0 Å². The lowest BCUT2D eigenvalue weighted by Gasteiger charge is -2.02. The highest BCUT2D eigenvalue weighted by atomic mass is 16.7. The van der Waals surface area contributed by atoms with Gasteiger partial charge in [0, 0.05) is 0 Å². The molecule has 0 N–H and O–H groups in total. The van der Waals surface area contributed by atoms with E-state index in [4.69, 9.17) is 4.84 Å². The van der Waals surface area contributed by atoms with E-state index in [0.717, 1.165) is 16.7 Å². The van der Waals surface area contributed by atoms with Crippen LogP contribution in [0.15, 0.2) is 59.4 Å². The van der Waals surface area contributed by atoms with Gasteiger partial charge in [-0.2, -0.15) is 0 Å². The molecular weight excluding hydrogens is 240 g/mol. The molecule has 0 radical (unpaired) electrons. The SMILES string of the molecule is CCOn1c(=O)n(-c2ccccc2)c2ccccc21. The van der Waals surface area contributed by atoms with E-state index in [1.54, 1.807) is 4.57 Å². The quantitative estimate of drug-likeness (QED) is 0.718. The summed E-state index contributed by atoms with van der Waals surface area (Å²) in [6.07, 6.45) is 0. The fourth-order valence-electron chi connectivity index (χ4n) is 2.20. The third-order valence-electron chi connectivity index (χ3n) is 2.98. The molecule has 0 amide bonds. The first-order chi connectivity index (χ1) is 9.33. The maximum atomic E-state index is 12.5. The Kier molecular flexibility index (Phi) is 2.83. The lowest BCUT2D eigenvalue weighted by Crippen LogP contribution is -2.28. The van der Waals surface area contributed by atoms with Crippen LogP contribution in [-0.2, 0) is 0 Å². The molecule has 2 aromatic carbocycles. The lowest BCUT2D eigenvalue weighted by atomic mass is 10.3. The molecule has 0 spiro atoms. The van der Waals surface area contributed by atoms with Crippen LogP contribution in [0, 0.1) is 0 Å². The summed E-state index contributed by atoms with van der Waals surface area (Å²) in [6, 6.07) is 17.2. The minimum atomic E-state index is -0.186. The van der Waals surface area contributed by atoms with Gasteiger partial charge in [0.2, 0.25) is 0 Å². The van der Waals surface area contributed by atoms with Crippen molar-refractivity contribution in [1.82, 2.24) is 9.30 Å². The summed E-state index contributed by atoms with van der Waals surface area (Å²) >= 11 is 0. The Labute approximate surface area is 110 Å². The minimum Gasteiger partial charge on any atom is -0.409 e. The van der Waals surface area contributed by atoms with Crippen LogP contribution < -0.4 is 10.5 Å². The van der Waals surface area contributed by atoms with Crippen molar-refractivity contribution < 1.29 is 4.84 Å². The molecule has 4 heteroatoms. The number of hydrogen-bond acceptors (Lipinski definition) is 2. The number of hydrogen-bond donors (Lipinski definition) is 0. The molecule has 19 heavy (non-hydrogen) atoms. The topological polar surface area (TPSA) is 36.2 Å². The van der Waals surface area contributed by atoms with Crippen LogP contribution in [0.25, 0.3) is 16.7 Å². The highest BCUT2D eigenvalue weighted by molar-refractivity contribution is 5.77. The van der Waals surface area contributed by atoms with Crippen LogP contribution in [0.5, 0.6) is 0 Å². The summed E-state index contributed by atoms with van der Waals surface area (Å²) in [7, 11) is 0. The number of benzene rings is 2. The molecular formula is C15H14N2O2. The molecule has 0 atom stereocenters. The molecule has 0 bridgehead atoms. The zero-order valence-corrected chi connectivity index (χ0v) is 10.6. The van der Waals surface area contributed by atoms with Gasteiger partial charge in [-0.05, 0) is 31.2 Å². The van der Waals surface area contributed by atoms with Gasteiger partial charge in [-0.3, -0.25) is 4.57 Å². The van der Waals surface area contributed by atoms with E-state index in [0.29, 0.717) is 6.61 Å². The summed E-state index contributed by atoms with van der Waals surface area (Å²) in [6.45, 7) is 2.31. The van der Waals surface area contributed by atoms with Crippen LogP contribution >= 0.6 is 0 Å². The third-order valence-corrected chi connectivity index (χ3v) is 2.98. The van der Waals surface area contributed by atoms with Gasteiger partial charge in [-0.15, -0.1) is 4.73 Å². The monoisotopic (exact) mass is 254 g/mol. The summed E-state index contributed by atoms with van der Waals surface area (Å²) < 4.78 is 3.01. The van der Waals surface area contributed by atoms with E-state index in [-0.39, 0.29) is 5.69 Å². The molecule has 1 aromatic heterocycles. The predicted octanol–water partition coefficient (Wildman–Crippen LogP) is 2.24. The van der Waals surface area contributed by atoms with Gasteiger partial charge in [-0.1, -0.05) is 30.3 Å². The van der Waals surface area contributed by atoms with E-state index in [1.165, 1.54) is 4.73 Å². The molecule has 0 aliphatic carbocycles. The number of rotatable bonds is 3. The minimum absolute atomic E-state index is 0.186. The first-order valence-electron chi connectivity index (χ1n) is 6.24. The van der Waals surface area contributed by atoms with Gasteiger partial charge >= 0.3 is 5.69 Å². The van der Waals surface area contributed by atoms with Crippen LogP contribution in [-0.4, -0.2) is 15.9 Å². The van der Waals surface area contributed by atoms with Crippen molar-refractivity contribution in [2.24, 2.45) is 0 Å². The maximum absolute atomic E-state index is 12.5. The van der Waals surface area contributed by atoms with Crippen molar-refractivity contribution in [3.63, 3.8) is 0 Å². The Bertz CT molecular complexity index is 757. The highest BCUT2D eigenvalue weighted by Gasteiger charge is 2.14. The van der Waals surface area contributed by atoms with Gasteiger partial charge < -0.3 is 4.84 Å². The zero-order valence-electron chi connectivity index (χ0n) is 10.6. The third kappa shape index (κ3) is 1.81. The molecule has 0 aliphatic heterocycles. The fraction of sp³-hybridized carbons (Fsp3) is 0.133. The number of para-hydroxylation sites is 3.